The molecule has 7 heteroatoms. The van der Waals surface area contributed by atoms with Crippen molar-refractivity contribution >= 4 is 58.2 Å². The molecule has 0 spiro atoms. The minimum absolute atomic E-state index is 0.156. The van der Waals surface area contributed by atoms with Crippen molar-refractivity contribution in [1.82, 2.24) is 0 Å². The van der Waals surface area contributed by atoms with Crippen LogP contribution in [0.2, 0.25) is 10.0 Å². The molecule has 2 N–H and O–H groups in total. The zero-order valence-corrected chi connectivity index (χ0v) is 15.2. The number of thioether (sulfide) groups is 1. The van der Waals surface area contributed by atoms with Gasteiger partial charge in [-0.15, -0.1) is 11.8 Å². The van der Waals surface area contributed by atoms with Crippen LogP contribution < -0.4 is 10.6 Å². The quantitative estimate of drug-likeness (QED) is 0.761. The number of anilines is 2. The van der Waals surface area contributed by atoms with E-state index in [9.17, 15) is 9.59 Å². The predicted octanol–water partition coefficient (Wildman–Crippen LogP) is 4.69. The Morgan fingerprint density at radius 2 is 1.62 bits per heavy atom. The monoisotopic (exact) mass is 382 g/mol. The molecule has 0 aliphatic carbocycles. The first-order valence-electron chi connectivity index (χ1n) is 7.17. The summed E-state index contributed by atoms with van der Waals surface area (Å²) in [6, 6.07) is 14.0. The largest absolute Gasteiger partial charge is 0.325 e. The topological polar surface area (TPSA) is 58.2 Å². The van der Waals surface area contributed by atoms with E-state index in [2.05, 4.69) is 10.6 Å². The minimum atomic E-state index is -0.399. The van der Waals surface area contributed by atoms with E-state index < -0.39 is 5.25 Å². The number of hydrogen-bond donors (Lipinski definition) is 2. The van der Waals surface area contributed by atoms with Gasteiger partial charge in [0, 0.05) is 21.4 Å². The zero-order chi connectivity index (χ0) is 17.5. The summed E-state index contributed by atoms with van der Waals surface area (Å²) in [6.45, 7) is 1.74. The molecule has 0 aromatic heterocycles. The summed E-state index contributed by atoms with van der Waals surface area (Å²) >= 11 is 13.0. The number of amides is 2. The van der Waals surface area contributed by atoms with Crippen LogP contribution >= 0.6 is 35.0 Å². The highest BCUT2D eigenvalue weighted by molar-refractivity contribution is 8.01. The van der Waals surface area contributed by atoms with Gasteiger partial charge < -0.3 is 10.6 Å². The number of hydrogen-bond acceptors (Lipinski definition) is 3. The molecule has 4 nitrogen and oxygen atoms in total. The van der Waals surface area contributed by atoms with Crippen LogP contribution in [0.1, 0.15) is 6.92 Å². The van der Waals surface area contributed by atoms with Gasteiger partial charge in [-0.3, -0.25) is 9.59 Å². The first-order valence-corrected chi connectivity index (χ1v) is 8.98. The second-order valence-corrected chi connectivity index (χ2v) is 7.22. The molecule has 0 aliphatic rings. The van der Waals surface area contributed by atoms with Gasteiger partial charge >= 0.3 is 0 Å². The third kappa shape index (κ3) is 6.07. The summed E-state index contributed by atoms with van der Waals surface area (Å²) in [5.74, 6) is -0.192. The lowest BCUT2D eigenvalue weighted by molar-refractivity contribution is -0.115. The van der Waals surface area contributed by atoms with Crippen molar-refractivity contribution in [2.24, 2.45) is 0 Å². The molecule has 0 aliphatic heterocycles. The summed E-state index contributed by atoms with van der Waals surface area (Å²) in [7, 11) is 0. The highest BCUT2D eigenvalue weighted by Crippen LogP contribution is 2.23. The Balaban J connectivity index is 1.82. The number of benzene rings is 2. The summed E-state index contributed by atoms with van der Waals surface area (Å²) in [5, 5.41) is 6.00. The van der Waals surface area contributed by atoms with Gasteiger partial charge in [0.25, 0.3) is 0 Å². The van der Waals surface area contributed by atoms with Crippen molar-refractivity contribution in [3.05, 3.63) is 58.6 Å². The van der Waals surface area contributed by atoms with Crippen molar-refractivity contribution in [3.8, 4) is 0 Å². The molecule has 1 unspecified atom stereocenters. The first kappa shape index (κ1) is 18.6. The average Bonchev–Trinajstić information content (AvgIpc) is 2.52. The SMILES string of the molecule is CC(SCC(=O)Nc1ccccc1)C(=O)Nc1cc(Cl)cc(Cl)c1. The van der Waals surface area contributed by atoms with E-state index in [1.807, 2.05) is 30.3 Å². The summed E-state index contributed by atoms with van der Waals surface area (Å²) < 4.78 is 0. The molecule has 0 radical (unpaired) electrons. The maximum atomic E-state index is 12.2. The van der Waals surface area contributed by atoms with Gasteiger partial charge in [-0.05, 0) is 37.3 Å². The van der Waals surface area contributed by atoms with E-state index in [0.29, 0.717) is 15.7 Å². The fourth-order valence-electron chi connectivity index (χ4n) is 1.86. The summed E-state index contributed by atoms with van der Waals surface area (Å²) in [6.07, 6.45) is 0. The minimum Gasteiger partial charge on any atom is -0.325 e. The number of nitrogens with one attached hydrogen (secondary N) is 2. The lowest BCUT2D eigenvalue weighted by Crippen LogP contribution is -2.25. The van der Waals surface area contributed by atoms with Gasteiger partial charge in [0.15, 0.2) is 0 Å². The molecule has 0 heterocycles. The van der Waals surface area contributed by atoms with E-state index in [-0.39, 0.29) is 17.6 Å². The Bertz CT molecular complexity index is 706. The van der Waals surface area contributed by atoms with E-state index in [4.69, 9.17) is 23.2 Å². The highest BCUT2D eigenvalue weighted by atomic mass is 35.5. The Labute approximate surface area is 154 Å². The smallest absolute Gasteiger partial charge is 0.237 e. The van der Waals surface area contributed by atoms with E-state index in [1.165, 1.54) is 11.8 Å². The molecule has 0 saturated heterocycles. The Morgan fingerprint density at radius 3 is 2.25 bits per heavy atom. The Kier molecular flexibility index (Phi) is 6.97. The van der Waals surface area contributed by atoms with E-state index >= 15 is 0 Å². The van der Waals surface area contributed by atoms with Crippen LogP contribution in [0.4, 0.5) is 11.4 Å². The molecule has 0 bridgehead atoms. The third-order valence-electron chi connectivity index (χ3n) is 3.02. The van der Waals surface area contributed by atoms with Crippen molar-refractivity contribution in [2.45, 2.75) is 12.2 Å². The van der Waals surface area contributed by atoms with Gasteiger partial charge in [-0.2, -0.15) is 0 Å². The molecule has 24 heavy (non-hydrogen) atoms. The standard InChI is InChI=1S/C17H16Cl2N2O2S/c1-11(17(23)21-15-8-12(18)7-13(19)9-15)24-10-16(22)20-14-5-3-2-4-6-14/h2-9,11H,10H2,1H3,(H,20,22)(H,21,23). The van der Waals surface area contributed by atoms with Crippen LogP contribution in [0.25, 0.3) is 0 Å². The van der Waals surface area contributed by atoms with Gasteiger partial charge in [-0.25, -0.2) is 0 Å². The molecule has 126 valence electrons. The van der Waals surface area contributed by atoms with E-state index in [1.54, 1.807) is 25.1 Å². The maximum absolute atomic E-state index is 12.2. The maximum Gasteiger partial charge on any atom is 0.237 e. The van der Waals surface area contributed by atoms with Crippen molar-refractivity contribution in [1.29, 1.82) is 0 Å². The molecule has 1 atom stereocenters. The normalized spacial score (nSPS) is 11.6. The van der Waals surface area contributed by atoms with Crippen LogP contribution in [-0.2, 0) is 9.59 Å². The molecule has 0 saturated carbocycles. The second kappa shape index (κ2) is 8.97. The lowest BCUT2D eigenvalue weighted by Gasteiger charge is -2.12. The number of carbonyl (C=O) groups excluding carboxylic acids is 2. The number of halogens is 2. The fraction of sp³-hybridized carbons (Fsp3) is 0.176. The van der Waals surface area contributed by atoms with Crippen LogP contribution in [0, 0.1) is 0 Å². The molecule has 2 amide bonds. The van der Waals surface area contributed by atoms with Crippen LogP contribution in [0.5, 0.6) is 0 Å². The number of para-hydroxylation sites is 1. The average molecular weight is 383 g/mol. The molecule has 2 aromatic carbocycles. The number of rotatable bonds is 6. The molecular weight excluding hydrogens is 367 g/mol. The highest BCUT2D eigenvalue weighted by Gasteiger charge is 2.16. The van der Waals surface area contributed by atoms with Gasteiger partial charge in [-0.1, -0.05) is 41.4 Å². The van der Waals surface area contributed by atoms with Crippen molar-refractivity contribution in [2.75, 3.05) is 16.4 Å². The second-order valence-electron chi connectivity index (χ2n) is 5.01. The molecular formula is C17H16Cl2N2O2S. The van der Waals surface area contributed by atoms with Crippen LogP contribution in [0.3, 0.4) is 0 Å². The van der Waals surface area contributed by atoms with Gasteiger partial charge in [0.1, 0.15) is 0 Å². The first-order chi connectivity index (χ1) is 11.4. The van der Waals surface area contributed by atoms with Crippen LogP contribution in [-0.4, -0.2) is 22.8 Å². The lowest BCUT2D eigenvalue weighted by atomic mass is 10.3. The van der Waals surface area contributed by atoms with Gasteiger partial charge in [0.05, 0.1) is 11.0 Å². The van der Waals surface area contributed by atoms with E-state index in [0.717, 1.165) is 5.69 Å². The van der Waals surface area contributed by atoms with Crippen molar-refractivity contribution in [3.63, 3.8) is 0 Å². The molecule has 0 fully saturated rings. The third-order valence-corrected chi connectivity index (χ3v) is 4.60. The summed E-state index contributed by atoms with van der Waals surface area (Å²) in [4.78, 5) is 24.0. The molecule has 2 aromatic rings. The van der Waals surface area contributed by atoms with Crippen LogP contribution in [0.15, 0.2) is 48.5 Å². The predicted molar refractivity (Wildman–Crippen MR) is 102 cm³/mol. The Morgan fingerprint density at radius 1 is 1.00 bits per heavy atom. The zero-order valence-electron chi connectivity index (χ0n) is 12.9. The Hall–Kier alpha value is -1.69. The van der Waals surface area contributed by atoms with Crippen molar-refractivity contribution < 1.29 is 9.59 Å². The summed E-state index contributed by atoms with van der Waals surface area (Å²) in [5.41, 5.74) is 1.26. The fourth-order valence-corrected chi connectivity index (χ4v) is 3.07. The van der Waals surface area contributed by atoms with Gasteiger partial charge in [0.2, 0.25) is 11.8 Å². The number of carbonyl (C=O) groups is 2. The molecule has 2 rings (SSSR count).